The summed E-state index contributed by atoms with van der Waals surface area (Å²) in [5.41, 5.74) is 0. The first-order valence-corrected chi connectivity index (χ1v) is 0. The van der Waals surface area contributed by atoms with Crippen LogP contribution in [0.4, 0.5) is 0 Å². The van der Waals surface area contributed by atoms with E-state index in [0.29, 0.717) is 0 Å². The first-order valence-electron chi connectivity index (χ1n) is 0. The summed E-state index contributed by atoms with van der Waals surface area (Å²) in [6.07, 6.45) is 0. The van der Waals surface area contributed by atoms with Crippen molar-refractivity contribution < 1.29 is 56.5 Å². The molecular weight excluding hydrogens is 225 g/mol. The topological polar surface area (TPSA) is 0 Å². The van der Waals surface area contributed by atoms with Gasteiger partial charge in [-0.15, -0.1) is 0 Å². The molecule has 0 aromatic rings. The van der Waals surface area contributed by atoms with Crippen molar-refractivity contribution in [1.82, 2.24) is 0 Å². The van der Waals surface area contributed by atoms with Crippen LogP contribution in [0.25, 0.3) is 0 Å². The third-order valence-electron chi connectivity index (χ3n) is 0. The second kappa shape index (κ2) is 16.8. The molecule has 1 radical (unpaired) electrons. The number of hydrogen-bond acceptors (Lipinski definition) is 0. The van der Waals surface area contributed by atoms with Gasteiger partial charge in [-0.3, -0.25) is 0 Å². The van der Waals surface area contributed by atoms with Crippen LogP contribution < -0.4 is 0 Å². The Morgan fingerprint density at radius 2 is 1.25 bits per heavy atom. The molecule has 0 aliphatic heterocycles. The van der Waals surface area contributed by atoms with Gasteiger partial charge in [-0.25, -0.2) is 0 Å². The molecule has 0 aliphatic carbocycles. The van der Waals surface area contributed by atoms with E-state index in [1.165, 1.54) is 0 Å². The summed E-state index contributed by atoms with van der Waals surface area (Å²) < 4.78 is 0. The summed E-state index contributed by atoms with van der Waals surface area (Å²) in [7, 11) is 0. The smallest absolute Gasteiger partial charge is 1.00 e. The van der Waals surface area contributed by atoms with Crippen LogP contribution in [0.15, 0.2) is 0 Å². The molecule has 0 N–H and O–H groups in total. The van der Waals surface area contributed by atoms with E-state index in [-0.39, 0.29) is 94.2 Å². The van der Waals surface area contributed by atoms with E-state index in [1.54, 1.807) is 0 Å². The van der Waals surface area contributed by atoms with Crippen molar-refractivity contribution in [3.05, 3.63) is 0 Å². The molecule has 0 heterocycles. The zero-order chi connectivity index (χ0) is 0. The van der Waals surface area contributed by atoms with E-state index < -0.39 is 0 Å². The van der Waals surface area contributed by atoms with Gasteiger partial charge in [0.25, 0.3) is 0 Å². The molecule has 0 amide bonds. The molecule has 0 unspecified atom stereocenters. The molecule has 4 heavy (non-hydrogen) atoms. The Balaban J connectivity index is 0. The molecule has 25 valence electrons. The van der Waals surface area contributed by atoms with Crippen molar-refractivity contribution in [1.29, 1.82) is 0 Å². The van der Waals surface area contributed by atoms with Crippen LogP contribution >= 0.6 is 0 Å². The van der Waals surface area contributed by atoms with Gasteiger partial charge in [0.15, 0.2) is 0 Å². The van der Waals surface area contributed by atoms with Gasteiger partial charge < -0.3 is 2.85 Å². The van der Waals surface area contributed by atoms with Gasteiger partial charge in [-0.1, -0.05) is 0 Å². The van der Waals surface area contributed by atoms with E-state index in [1.807, 2.05) is 0 Å². The molecule has 0 spiro atoms. The second-order valence-electron chi connectivity index (χ2n) is 0. The van der Waals surface area contributed by atoms with Crippen molar-refractivity contribution in [3.63, 3.8) is 0 Å². The molecular formula is H2CaCuFeZn. The Hall–Kier alpha value is 2.92. The van der Waals surface area contributed by atoms with Crippen molar-refractivity contribution in [2.24, 2.45) is 0 Å². The Morgan fingerprint density at radius 1 is 1.25 bits per heavy atom. The third-order valence-corrected chi connectivity index (χ3v) is 0. The van der Waals surface area contributed by atoms with Crippen molar-refractivity contribution in [2.75, 3.05) is 0 Å². The molecule has 0 rings (SSSR count). The van der Waals surface area contributed by atoms with Gasteiger partial charge in [-0.2, -0.15) is 0 Å². The molecule has 0 atom stereocenters. The summed E-state index contributed by atoms with van der Waals surface area (Å²) in [5.74, 6) is 0. The summed E-state index contributed by atoms with van der Waals surface area (Å²) in [6, 6.07) is 0. The fourth-order valence-electron chi connectivity index (χ4n) is 0. The molecule has 0 bridgehead atoms. The average Bonchev–Trinajstić information content (AvgIpc) is 0. The minimum Gasteiger partial charge on any atom is -1.00 e. The maximum Gasteiger partial charge on any atom is 2.00 e. The van der Waals surface area contributed by atoms with Gasteiger partial charge >= 0.3 is 37.7 Å². The predicted octanol–water partition coefficient (Wildman–Crippen LogP) is -0.163. The number of rotatable bonds is 0. The average molecular weight is 227 g/mol. The number of hydrogen-bond donors (Lipinski definition) is 0. The van der Waals surface area contributed by atoms with Gasteiger partial charge in [0.05, 0.1) is 0 Å². The zero-order valence-electron chi connectivity index (χ0n) is 4.07. The fourth-order valence-corrected chi connectivity index (χ4v) is 0. The molecule has 0 fully saturated rings. The Bertz CT molecular complexity index is 13.5. The summed E-state index contributed by atoms with van der Waals surface area (Å²) in [4.78, 5) is 0. The molecule has 0 saturated carbocycles. The van der Waals surface area contributed by atoms with Gasteiger partial charge in [0.2, 0.25) is 0 Å². The van der Waals surface area contributed by atoms with Crippen LogP contribution in [-0.2, 0) is 53.6 Å². The van der Waals surface area contributed by atoms with Crippen LogP contribution in [-0.4, -0.2) is 37.7 Å². The van der Waals surface area contributed by atoms with E-state index in [9.17, 15) is 0 Å². The third kappa shape index (κ3) is 8.87. The van der Waals surface area contributed by atoms with Gasteiger partial charge in [0.1, 0.15) is 0 Å². The van der Waals surface area contributed by atoms with E-state index in [2.05, 4.69) is 0 Å². The zero-order valence-corrected chi connectivity index (χ0v) is 9.29. The van der Waals surface area contributed by atoms with Gasteiger partial charge in [-0.05, 0) is 0 Å². The Morgan fingerprint density at radius 3 is 1.25 bits per heavy atom. The van der Waals surface area contributed by atoms with Crippen LogP contribution in [0.1, 0.15) is 2.85 Å². The molecule has 0 aliphatic rings. The molecule has 4 heteroatoms. The van der Waals surface area contributed by atoms with Crippen LogP contribution in [0.5, 0.6) is 0 Å². The second-order valence-corrected chi connectivity index (χ2v) is 0. The van der Waals surface area contributed by atoms with Gasteiger partial charge in [0, 0.05) is 53.6 Å². The normalized spacial score (nSPS) is 0. The quantitative estimate of drug-likeness (QED) is 0.504. The summed E-state index contributed by atoms with van der Waals surface area (Å²) in [6.45, 7) is 0. The minimum absolute atomic E-state index is 0. The van der Waals surface area contributed by atoms with Crippen LogP contribution in [0.3, 0.4) is 0 Å². The largest absolute Gasteiger partial charge is 2.00 e. The first kappa shape index (κ1) is 28.4. The van der Waals surface area contributed by atoms with Crippen LogP contribution in [0.2, 0.25) is 0 Å². The SMILES string of the molecule is [Ca+2].[Cu].[Fe].[H-].[H-].[Zn]. The Kier molecular flexibility index (Phi) is 119. The van der Waals surface area contributed by atoms with E-state index >= 15 is 0 Å². The maximum atomic E-state index is 0. The first-order chi connectivity index (χ1) is 0. The van der Waals surface area contributed by atoms with E-state index in [4.69, 9.17) is 0 Å². The van der Waals surface area contributed by atoms with Crippen LogP contribution in [0, 0.1) is 0 Å². The van der Waals surface area contributed by atoms with E-state index in [0.717, 1.165) is 0 Å². The monoisotopic (exact) mass is 225 g/mol. The van der Waals surface area contributed by atoms with Crippen molar-refractivity contribution >= 4 is 37.7 Å². The summed E-state index contributed by atoms with van der Waals surface area (Å²) in [5, 5.41) is 0. The molecule has 0 aromatic carbocycles. The van der Waals surface area contributed by atoms with Crippen molar-refractivity contribution in [2.45, 2.75) is 0 Å². The predicted molar refractivity (Wildman–Crippen MR) is 7.98 cm³/mol. The molecule has 0 aromatic heterocycles. The minimum atomic E-state index is 0. The fraction of sp³-hybridized carbons (Fsp3) is 0. The van der Waals surface area contributed by atoms with Crippen molar-refractivity contribution in [3.8, 4) is 0 Å². The standard InChI is InChI=1S/Ca.Cu.Fe.Zn.2H/q+2;;;;2*-1. The maximum absolute atomic E-state index is 0. The summed E-state index contributed by atoms with van der Waals surface area (Å²) >= 11 is 0. The molecule has 0 nitrogen and oxygen atoms in total. The Labute approximate surface area is 92.5 Å². The molecule has 0 saturated heterocycles.